The highest BCUT2D eigenvalue weighted by Crippen LogP contribution is 2.18. The van der Waals surface area contributed by atoms with E-state index in [-0.39, 0.29) is 5.38 Å². The van der Waals surface area contributed by atoms with Gasteiger partial charge in [-0.05, 0) is 12.2 Å². The fraction of sp³-hybridized carbons (Fsp3) is 0.143. The van der Waals surface area contributed by atoms with Crippen LogP contribution in [0.5, 0.6) is 0 Å². The molecule has 0 amide bonds. The van der Waals surface area contributed by atoms with Crippen molar-refractivity contribution in [3.05, 3.63) is 23.9 Å². The first-order valence-corrected chi connectivity index (χ1v) is 3.67. The average Bonchev–Trinajstić information content (AvgIpc) is 2.27. The summed E-state index contributed by atoms with van der Waals surface area (Å²) >= 11 is 5.80. The summed E-state index contributed by atoms with van der Waals surface area (Å²) in [5.74, 6) is 0.307. The van der Waals surface area contributed by atoms with Crippen molar-refractivity contribution in [2.24, 2.45) is 15.7 Å². The molecule has 0 radical (unpaired) electrons. The molecule has 0 aromatic carbocycles. The van der Waals surface area contributed by atoms with Gasteiger partial charge < -0.3 is 5.73 Å². The van der Waals surface area contributed by atoms with E-state index < -0.39 is 0 Å². The van der Waals surface area contributed by atoms with Gasteiger partial charge in [0.1, 0.15) is 0 Å². The molecular formula is C7H6ClN3. The maximum Gasteiger partial charge on any atom is 0.221 e. The van der Waals surface area contributed by atoms with Crippen LogP contribution >= 0.6 is 11.6 Å². The average molecular weight is 168 g/mol. The minimum atomic E-state index is -0.0846. The highest BCUT2D eigenvalue weighted by Gasteiger charge is 2.16. The molecule has 0 aromatic heterocycles. The third kappa shape index (κ3) is 1.07. The van der Waals surface area contributed by atoms with Crippen LogP contribution in [0.25, 0.3) is 0 Å². The molecule has 2 N–H and O–H groups in total. The summed E-state index contributed by atoms with van der Waals surface area (Å²) in [6, 6.07) is 0. The molecule has 4 heteroatoms. The number of guanidine groups is 1. The summed E-state index contributed by atoms with van der Waals surface area (Å²) in [7, 11) is 0. The maximum absolute atomic E-state index is 5.80. The smallest absolute Gasteiger partial charge is 0.221 e. The van der Waals surface area contributed by atoms with E-state index in [9.17, 15) is 0 Å². The molecule has 0 fully saturated rings. The number of aliphatic imine (C=N–C) groups is 2. The molecule has 0 saturated heterocycles. The maximum atomic E-state index is 5.80. The first-order chi connectivity index (χ1) is 5.25. The summed E-state index contributed by atoms with van der Waals surface area (Å²) in [5, 5.41) is -0.0846. The molecule has 1 aliphatic carbocycles. The minimum Gasteiger partial charge on any atom is -0.368 e. The van der Waals surface area contributed by atoms with Crippen LogP contribution in [-0.4, -0.2) is 17.0 Å². The molecule has 0 saturated carbocycles. The van der Waals surface area contributed by atoms with Crippen LogP contribution in [0.4, 0.5) is 0 Å². The van der Waals surface area contributed by atoms with Crippen LogP contribution < -0.4 is 5.73 Å². The lowest BCUT2D eigenvalue weighted by molar-refractivity contribution is 1.31. The van der Waals surface area contributed by atoms with Crippen molar-refractivity contribution in [2.45, 2.75) is 5.38 Å². The molecule has 0 aromatic rings. The van der Waals surface area contributed by atoms with E-state index in [1.807, 2.05) is 18.2 Å². The zero-order chi connectivity index (χ0) is 7.84. The normalized spacial score (nSPS) is 27.4. The Morgan fingerprint density at radius 2 is 2.27 bits per heavy atom. The molecular weight excluding hydrogens is 162 g/mol. The van der Waals surface area contributed by atoms with Crippen LogP contribution in [0, 0.1) is 0 Å². The van der Waals surface area contributed by atoms with Gasteiger partial charge in [0, 0.05) is 0 Å². The van der Waals surface area contributed by atoms with Crippen LogP contribution in [0.2, 0.25) is 0 Å². The summed E-state index contributed by atoms with van der Waals surface area (Å²) in [6.45, 7) is 0. The second-order valence-electron chi connectivity index (χ2n) is 2.32. The number of hydrogen-bond acceptors (Lipinski definition) is 3. The van der Waals surface area contributed by atoms with Crippen molar-refractivity contribution in [2.75, 3.05) is 0 Å². The van der Waals surface area contributed by atoms with Crippen LogP contribution in [-0.2, 0) is 0 Å². The molecule has 0 bridgehead atoms. The second kappa shape index (κ2) is 2.20. The third-order valence-electron chi connectivity index (χ3n) is 1.49. The van der Waals surface area contributed by atoms with E-state index in [0.29, 0.717) is 5.96 Å². The van der Waals surface area contributed by atoms with Crippen molar-refractivity contribution in [1.29, 1.82) is 0 Å². The SMILES string of the molecule is NC1=NC2=CC(Cl)C=CC2=N1. The number of halogens is 1. The summed E-state index contributed by atoms with van der Waals surface area (Å²) < 4.78 is 0. The van der Waals surface area contributed by atoms with Crippen LogP contribution in [0.3, 0.4) is 0 Å². The third-order valence-corrected chi connectivity index (χ3v) is 1.76. The summed E-state index contributed by atoms with van der Waals surface area (Å²) in [6.07, 6.45) is 5.49. The van der Waals surface area contributed by atoms with Crippen molar-refractivity contribution in [1.82, 2.24) is 0 Å². The molecule has 11 heavy (non-hydrogen) atoms. The standard InChI is InChI=1S/C7H6ClN3/c8-4-1-2-5-6(3-4)11-7(9)10-5/h1-4H,(H2,9,11). The highest BCUT2D eigenvalue weighted by molar-refractivity contribution is 6.26. The van der Waals surface area contributed by atoms with Gasteiger partial charge in [-0.3, -0.25) is 0 Å². The molecule has 1 unspecified atom stereocenters. The number of nitrogens with two attached hydrogens (primary N) is 1. The van der Waals surface area contributed by atoms with E-state index in [2.05, 4.69) is 9.98 Å². The lowest BCUT2D eigenvalue weighted by Crippen LogP contribution is -2.04. The first-order valence-electron chi connectivity index (χ1n) is 3.23. The van der Waals surface area contributed by atoms with Crippen molar-refractivity contribution in [3.8, 4) is 0 Å². The highest BCUT2D eigenvalue weighted by atomic mass is 35.5. The Labute approximate surface area is 69.0 Å². The number of alkyl halides is 1. The Morgan fingerprint density at radius 3 is 3.09 bits per heavy atom. The Morgan fingerprint density at radius 1 is 1.45 bits per heavy atom. The Bertz CT molecular complexity index is 312. The second-order valence-corrected chi connectivity index (χ2v) is 2.83. The lowest BCUT2D eigenvalue weighted by Gasteiger charge is -2.04. The van der Waals surface area contributed by atoms with Gasteiger partial charge in [-0.2, -0.15) is 0 Å². The van der Waals surface area contributed by atoms with Gasteiger partial charge in [0.15, 0.2) is 0 Å². The number of allylic oxidation sites excluding steroid dienone is 3. The van der Waals surface area contributed by atoms with E-state index in [1.54, 1.807) is 0 Å². The van der Waals surface area contributed by atoms with E-state index in [4.69, 9.17) is 17.3 Å². The quantitative estimate of drug-likeness (QED) is 0.534. The van der Waals surface area contributed by atoms with Gasteiger partial charge in [-0.15, -0.1) is 11.6 Å². The Balaban J connectivity index is 2.42. The zero-order valence-corrected chi connectivity index (χ0v) is 6.42. The van der Waals surface area contributed by atoms with Gasteiger partial charge in [0.2, 0.25) is 5.96 Å². The topological polar surface area (TPSA) is 50.7 Å². The molecule has 2 rings (SSSR count). The van der Waals surface area contributed by atoms with Crippen molar-refractivity contribution in [3.63, 3.8) is 0 Å². The Hall–Kier alpha value is -1.09. The molecule has 2 aliphatic rings. The van der Waals surface area contributed by atoms with E-state index in [0.717, 1.165) is 11.4 Å². The van der Waals surface area contributed by atoms with Gasteiger partial charge in [-0.25, -0.2) is 9.98 Å². The molecule has 1 atom stereocenters. The predicted molar refractivity (Wildman–Crippen MR) is 45.9 cm³/mol. The fourth-order valence-corrected chi connectivity index (χ4v) is 1.21. The molecule has 56 valence electrons. The van der Waals surface area contributed by atoms with Gasteiger partial charge in [0.05, 0.1) is 16.8 Å². The number of rotatable bonds is 0. The largest absolute Gasteiger partial charge is 0.368 e. The summed E-state index contributed by atoms with van der Waals surface area (Å²) in [5.41, 5.74) is 6.97. The molecule has 1 heterocycles. The summed E-state index contributed by atoms with van der Waals surface area (Å²) in [4.78, 5) is 7.95. The number of nitrogens with zero attached hydrogens (tertiary/aromatic N) is 2. The van der Waals surface area contributed by atoms with Crippen molar-refractivity contribution >= 4 is 23.3 Å². The first kappa shape index (κ1) is 6.61. The fourth-order valence-electron chi connectivity index (χ4n) is 1.02. The van der Waals surface area contributed by atoms with Crippen LogP contribution in [0.15, 0.2) is 33.9 Å². The van der Waals surface area contributed by atoms with Crippen LogP contribution in [0.1, 0.15) is 0 Å². The number of fused-ring (bicyclic) bond motifs is 1. The molecule has 3 nitrogen and oxygen atoms in total. The number of hydrogen-bond donors (Lipinski definition) is 1. The van der Waals surface area contributed by atoms with E-state index in [1.165, 1.54) is 0 Å². The van der Waals surface area contributed by atoms with E-state index >= 15 is 0 Å². The predicted octanol–water partition coefficient (Wildman–Crippen LogP) is 0.817. The molecule has 0 spiro atoms. The zero-order valence-electron chi connectivity index (χ0n) is 5.66. The minimum absolute atomic E-state index is 0.0846. The molecule has 1 aliphatic heterocycles. The van der Waals surface area contributed by atoms with Gasteiger partial charge >= 0.3 is 0 Å². The monoisotopic (exact) mass is 167 g/mol. The van der Waals surface area contributed by atoms with Crippen molar-refractivity contribution < 1.29 is 0 Å². The Kier molecular flexibility index (Phi) is 1.32. The lowest BCUT2D eigenvalue weighted by atomic mass is 10.1. The van der Waals surface area contributed by atoms with Gasteiger partial charge in [0.25, 0.3) is 0 Å². The van der Waals surface area contributed by atoms with Gasteiger partial charge in [-0.1, -0.05) is 6.08 Å².